The summed E-state index contributed by atoms with van der Waals surface area (Å²) in [7, 11) is 0. The van der Waals surface area contributed by atoms with Crippen LogP contribution in [0, 0.1) is 11.8 Å². The fraction of sp³-hybridized carbons (Fsp3) is 0.579. The Morgan fingerprint density at radius 3 is 3.00 bits per heavy atom. The van der Waals surface area contributed by atoms with Gasteiger partial charge in [0.25, 0.3) is 0 Å². The summed E-state index contributed by atoms with van der Waals surface area (Å²) >= 11 is 3.50. The number of thiazole rings is 1. The monoisotopic (exact) mass is 362 g/mol. The first-order valence-electron chi connectivity index (χ1n) is 8.91. The van der Waals surface area contributed by atoms with E-state index in [2.05, 4.69) is 36.3 Å². The van der Waals surface area contributed by atoms with Crippen molar-refractivity contribution in [1.82, 2.24) is 10.3 Å². The molecule has 2 aromatic rings. The molecule has 130 valence electrons. The summed E-state index contributed by atoms with van der Waals surface area (Å²) in [6.07, 6.45) is 5.20. The summed E-state index contributed by atoms with van der Waals surface area (Å²) in [6.45, 7) is 4.58. The number of rotatable bonds is 6. The number of carbonyl (C=O) groups is 1. The Bertz CT molecular complexity index is 652. The van der Waals surface area contributed by atoms with E-state index in [1.807, 2.05) is 12.1 Å². The molecule has 0 saturated heterocycles. The van der Waals surface area contributed by atoms with Crippen molar-refractivity contribution in [3.8, 4) is 0 Å². The smallest absolute Gasteiger partial charge is 0.220 e. The molecule has 0 bridgehead atoms. The lowest BCUT2D eigenvalue weighted by atomic mass is 9.78. The Morgan fingerprint density at radius 1 is 1.33 bits per heavy atom. The van der Waals surface area contributed by atoms with Crippen molar-refractivity contribution in [2.75, 3.05) is 5.75 Å². The minimum Gasteiger partial charge on any atom is -0.353 e. The first kappa shape index (κ1) is 17.7. The van der Waals surface area contributed by atoms with Gasteiger partial charge in [0.05, 0.1) is 10.2 Å². The predicted octanol–water partition coefficient (Wildman–Crippen LogP) is 5.11. The highest BCUT2D eigenvalue weighted by Crippen LogP contribution is 2.31. The first-order chi connectivity index (χ1) is 11.6. The lowest BCUT2D eigenvalue weighted by molar-refractivity contribution is -0.122. The van der Waals surface area contributed by atoms with Crippen molar-refractivity contribution >= 4 is 39.2 Å². The minimum atomic E-state index is 0.214. The number of thioether (sulfide) groups is 1. The van der Waals surface area contributed by atoms with E-state index < -0.39 is 0 Å². The molecule has 1 aliphatic carbocycles. The molecular formula is C19H26N2OS2. The summed E-state index contributed by atoms with van der Waals surface area (Å²) < 4.78 is 2.34. The van der Waals surface area contributed by atoms with Gasteiger partial charge in [0.2, 0.25) is 5.91 Å². The average molecular weight is 363 g/mol. The molecule has 1 saturated carbocycles. The number of hydrogen-bond acceptors (Lipinski definition) is 4. The normalized spacial score (nSPS) is 24.2. The van der Waals surface area contributed by atoms with Gasteiger partial charge in [0.1, 0.15) is 0 Å². The number of para-hydroxylation sites is 1. The van der Waals surface area contributed by atoms with Crippen molar-refractivity contribution < 1.29 is 4.79 Å². The zero-order valence-corrected chi connectivity index (χ0v) is 16.1. The second kappa shape index (κ2) is 8.34. The van der Waals surface area contributed by atoms with Gasteiger partial charge in [-0.05, 0) is 36.8 Å². The summed E-state index contributed by atoms with van der Waals surface area (Å²) in [4.78, 5) is 16.8. The Hall–Kier alpha value is -1.07. The lowest BCUT2D eigenvalue weighted by Crippen LogP contribution is -2.43. The third-order valence-corrected chi connectivity index (χ3v) is 7.37. The summed E-state index contributed by atoms with van der Waals surface area (Å²) in [5, 5.41) is 3.26. The molecule has 3 atom stereocenters. The molecule has 3 rings (SSSR count). The number of amides is 1. The lowest BCUT2D eigenvalue weighted by Gasteiger charge is -2.34. The fourth-order valence-corrected chi connectivity index (χ4v) is 5.45. The van der Waals surface area contributed by atoms with Crippen molar-refractivity contribution in [3.05, 3.63) is 24.3 Å². The molecule has 1 amide bonds. The van der Waals surface area contributed by atoms with Gasteiger partial charge in [0, 0.05) is 18.2 Å². The van der Waals surface area contributed by atoms with Gasteiger partial charge in [-0.3, -0.25) is 4.79 Å². The van der Waals surface area contributed by atoms with Gasteiger partial charge in [0.15, 0.2) is 4.34 Å². The highest BCUT2D eigenvalue weighted by Gasteiger charge is 2.27. The van der Waals surface area contributed by atoms with Crippen LogP contribution in [-0.2, 0) is 4.79 Å². The largest absolute Gasteiger partial charge is 0.353 e. The van der Waals surface area contributed by atoms with Crippen LogP contribution in [0.3, 0.4) is 0 Å². The fourth-order valence-electron chi connectivity index (χ4n) is 3.37. The molecule has 5 heteroatoms. The zero-order chi connectivity index (χ0) is 16.9. The third kappa shape index (κ3) is 4.51. The van der Waals surface area contributed by atoms with Crippen LogP contribution in [0.2, 0.25) is 0 Å². The Kier molecular flexibility index (Phi) is 6.17. The van der Waals surface area contributed by atoms with Crippen LogP contribution in [-0.4, -0.2) is 22.7 Å². The predicted molar refractivity (Wildman–Crippen MR) is 104 cm³/mol. The highest BCUT2D eigenvalue weighted by atomic mass is 32.2. The molecule has 0 spiro atoms. The summed E-state index contributed by atoms with van der Waals surface area (Å²) in [5.41, 5.74) is 1.07. The van der Waals surface area contributed by atoms with Crippen LogP contribution < -0.4 is 5.32 Å². The number of fused-ring (bicyclic) bond motifs is 1. The minimum absolute atomic E-state index is 0.214. The van der Waals surface area contributed by atoms with E-state index in [0.29, 0.717) is 18.4 Å². The van der Waals surface area contributed by atoms with Crippen molar-refractivity contribution in [1.29, 1.82) is 0 Å². The van der Waals surface area contributed by atoms with Crippen molar-refractivity contribution in [3.63, 3.8) is 0 Å². The van der Waals surface area contributed by atoms with Gasteiger partial charge in [-0.1, -0.05) is 50.6 Å². The molecule has 1 aromatic carbocycles. The molecule has 0 aliphatic heterocycles. The van der Waals surface area contributed by atoms with Crippen LogP contribution in [0.5, 0.6) is 0 Å². The Balaban J connectivity index is 1.39. The van der Waals surface area contributed by atoms with E-state index in [4.69, 9.17) is 0 Å². The van der Waals surface area contributed by atoms with E-state index >= 15 is 0 Å². The van der Waals surface area contributed by atoms with E-state index in [-0.39, 0.29) is 5.91 Å². The topological polar surface area (TPSA) is 42.0 Å². The van der Waals surface area contributed by atoms with E-state index in [0.717, 1.165) is 34.4 Å². The Morgan fingerprint density at radius 2 is 2.17 bits per heavy atom. The maximum atomic E-state index is 12.2. The van der Waals surface area contributed by atoms with Crippen molar-refractivity contribution in [2.24, 2.45) is 11.8 Å². The second-order valence-corrected chi connectivity index (χ2v) is 9.21. The number of hydrogen-bond donors (Lipinski definition) is 1. The van der Waals surface area contributed by atoms with E-state index in [1.165, 1.54) is 17.5 Å². The molecule has 1 aliphatic rings. The summed E-state index contributed by atoms with van der Waals surface area (Å²) in [6, 6.07) is 8.60. The standard InChI is InChI=1S/C19H26N2OS2/c1-13-7-5-9-15(14(13)2)20-18(22)11-6-12-23-19-21-16-8-3-4-10-17(16)24-19/h3-4,8,10,13-15H,5-7,9,11-12H2,1-2H3,(H,20,22)/t13-,14+,15-/m0/s1. The maximum absolute atomic E-state index is 12.2. The van der Waals surface area contributed by atoms with Gasteiger partial charge < -0.3 is 5.32 Å². The molecule has 0 unspecified atom stereocenters. The number of carbonyl (C=O) groups excluding carboxylic acids is 1. The van der Waals surface area contributed by atoms with Crippen LogP contribution in [0.1, 0.15) is 46.0 Å². The SMILES string of the molecule is C[C@H]1[C@@H](NC(=O)CCCSc2nc3ccccc3s2)CCC[C@@H]1C. The molecule has 1 fully saturated rings. The molecular weight excluding hydrogens is 336 g/mol. The second-order valence-electron chi connectivity index (χ2n) is 6.84. The van der Waals surface area contributed by atoms with Crippen LogP contribution >= 0.6 is 23.1 Å². The number of aromatic nitrogens is 1. The quantitative estimate of drug-likeness (QED) is 0.573. The molecule has 3 nitrogen and oxygen atoms in total. The van der Waals surface area contributed by atoms with Gasteiger partial charge in [-0.2, -0.15) is 0 Å². The Labute approximate surface area is 152 Å². The van der Waals surface area contributed by atoms with Crippen LogP contribution in [0.4, 0.5) is 0 Å². The zero-order valence-electron chi connectivity index (χ0n) is 14.5. The molecule has 1 N–H and O–H groups in total. The highest BCUT2D eigenvalue weighted by molar-refractivity contribution is 8.01. The van der Waals surface area contributed by atoms with Gasteiger partial charge >= 0.3 is 0 Å². The van der Waals surface area contributed by atoms with Crippen molar-refractivity contribution in [2.45, 2.75) is 56.3 Å². The number of benzene rings is 1. The van der Waals surface area contributed by atoms with Crippen LogP contribution in [0.15, 0.2) is 28.6 Å². The molecule has 24 heavy (non-hydrogen) atoms. The average Bonchev–Trinajstić information content (AvgIpc) is 2.99. The third-order valence-electron chi connectivity index (χ3n) is 5.10. The van der Waals surface area contributed by atoms with Crippen LogP contribution in [0.25, 0.3) is 10.2 Å². The first-order valence-corrected chi connectivity index (χ1v) is 10.7. The number of nitrogens with one attached hydrogen (secondary N) is 1. The number of nitrogens with zero attached hydrogens (tertiary/aromatic N) is 1. The van der Waals surface area contributed by atoms with Gasteiger partial charge in [-0.25, -0.2) is 4.98 Å². The molecule has 1 heterocycles. The molecule has 1 aromatic heterocycles. The maximum Gasteiger partial charge on any atom is 0.220 e. The summed E-state index contributed by atoms with van der Waals surface area (Å²) in [5.74, 6) is 2.48. The molecule has 0 radical (unpaired) electrons. The van der Waals surface area contributed by atoms with E-state index in [9.17, 15) is 4.79 Å². The van der Waals surface area contributed by atoms with E-state index in [1.54, 1.807) is 23.1 Å². The van der Waals surface area contributed by atoms with Gasteiger partial charge in [-0.15, -0.1) is 11.3 Å².